The summed E-state index contributed by atoms with van der Waals surface area (Å²) in [6, 6.07) is 5.30. The molecule has 3 atom stereocenters. The van der Waals surface area contributed by atoms with Crippen LogP contribution in [0.25, 0.3) is 0 Å². The number of amides is 1. The summed E-state index contributed by atoms with van der Waals surface area (Å²) < 4.78 is 0. The quantitative estimate of drug-likeness (QED) is 0.826. The van der Waals surface area contributed by atoms with Crippen LogP contribution in [-0.2, 0) is 0 Å². The third-order valence-corrected chi connectivity index (χ3v) is 4.93. The summed E-state index contributed by atoms with van der Waals surface area (Å²) in [6.45, 7) is 6.73. The first-order valence-corrected chi connectivity index (χ1v) is 8.12. The van der Waals surface area contributed by atoms with Gasteiger partial charge in [0, 0.05) is 11.6 Å². The van der Waals surface area contributed by atoms with Gasteiger partial charge in [-0.25, -0.2) is 0 Å². The maximum atomic E-state index is 12.4. The number of hydrogen-bond donors (Lipinski definition) is 2. The van der Waals surface area contributed by atoms with Crippen molar-refractivity contribution in [3.05, 3.63) is 28.8 Å². The number of benzene rings is 1. The van der Waals surface area contributed by atoms with Crippen LogP contribution in [-0.4, -0.2) is 11.9 Å². The number of halogens is 1. The molecule has 0 heterocycles. The number of carbonyl (C=O) groups is 1. The largest absolute Gasteiger partial charge is 0.398 e. The Bertz CT molecular complexity index is 516. The highest BCUT2D eigenvalue weighted by Gasteiger charge is 2.31. The third kappa shape index (κ3) is 3.91. The maximum absolute atomic E-state index is 12.4. The highest BCUT2D eigenvalue weighted by atomic mass is 35.5. The Morgan fingerprint density at radius 1 is 1.38 bits per heavy atom. The maximum Gasteiger partial charge on any atom is 0.251 e. The summed E-state index contributed by atoms with van der Waals surface area (Å²) in [6.07, 6.45) is 3.49. The molecular weight excluding hydrogens is 284 g/mol. The van der Waals surface area contributed by atoms with Crippen molar-refractivity contribution in [2.45, 2.75) is 46.1 Å². The van der Waals surface area contributed by atoms with Crippen molar-refractivity contribution in [3.8, 4) is 0 Å². The molecule has 21 heavy (non-hydrogen) atoms. The molecule has 116 valence electrons. The lowest BCUT2D eigenvalue weighted by Gasteiger charge is -2.37. The highest BCUT2D eigenvalue weighted by molar-refractivity contribution is 6.33. The van der Waals surface area contributed by atoms with E-state index in [1.165, 1.54) is 12.8 Å². The van der Waals surface area contributed by atoms with E-state index < -0.39 is 0 Å². The Morgan fingerprint density at radius 2 is 2.10 bits per heavy atom. The molecular formula is C17H25ClN2O. The van der Waals surface area contributed by atoms with Gasteiger partial charge in [0.05, 0.1) is 10.7 Å². The van der Waals surface area contributed by atoms with Crippen molar-refractivity contribution >= 4 is 23.2 Å². The van der Waals surface area contributed by atoms with Crippen molar-refractivity contribution in [2.75, 3.05) is 5.73 Å². The van der Waals surface area contributed by atoms with Gasteiger partial charge < -0.3 is 11.1 Å². The lowest BCUT2D eigenvalue weighted by atomic mass is 9.74. The van der Waals surface area contributed by atoms with Gasteiger partial charge in [-0.3, -0.25) is 4.79 Å². The molecule has 1 aromatic rings. The predicted molar refractivity (Wildman–Crippen MR) is 88.5 cm³/mol. The summed E-state index contributed by atoms with van der Waals surface area (Å²) in [5, 5.41) is 3.64. The molecule has 1 aliphatic rings. The fourth-order valence-electron chi connectivity index (χ4n) is 3.29. The predicted octanol–water partition coefficient (Wildman–Crippen LogP) is 4.11. The van der Waals surface area contributed by atoms with Gasteiger partial charge in [0.2, 0.25) is 0 Å². The SMILES string of the molecule is CC1CCC(C(C)C)C(NC(=O)c2ccc(N)c(Cl)c2)C1. The van der Waals surface area contributed by atoms with E-state index in [1.54, 1.807) is 18.2 Å². The van der Waals surface area contributed by atoms with E-state index in [4.69, 9.17) is 17.3 Å². The van der Waals surface area contributed by atoms with E-state index in [-0.39, 0.29) is 11.9 Å². The first-order valence-electron chi connectivity index (χ1n) is 7.74. The number of nitrogen functional groups attached to an aromatic ring is 1. The molecule has 0 spiro atoms. The number of hydrogen-bond acceptors (Lipinski definition) is 2. The summed E-state index contributed by atoms with van der Waals surface area (Å²) in [4.78, 5) is 12.4. The van der Waals surface area contributed by atoms with Crippen molar-refractivity contribution < 1.29 is 4.79 Å². The molecule has 2 rings (SSSR count). The zero-order valence-electron chi connectivity index (χ0n) is 13.0. The van der Waals surface area contributed by atoms with Crippen LogP contribution >= 0.6 is 11.6 Å². The molecule has 1 aliphatic carbocycles. The summed E-state index contributed by atoms with van der Waals surface area (Å²) in [5.41, 5.74) is 6.77. The lowest BCUT2D eigenvalue weighted by Crippen LogP contribution is -2.45. The second-order valence-corrected chi connectivity index (χ2v) is 7.05. The van der Waals surface area contributed by atoms with Crippen LogP contribution in [0.4, 0.5) is 5.69 Å². The van der Waals surface area contributed by atoms with Gasteiger partial charge in [-0.2, -0.15) is 0 Å². The third-order valence-electron chi connectivity index (χ3n) is 4.60. The number of nitrogens with one attached hydrogen (secondary N) is 1. The second kappa shape index (κ2) is 6.69. The van der Waals surface area contributed by atoms with Crippen LogP contribution in [0, 0.1) is 17.8 Å². The monoisotopic (exact) mass is 308 g/mol. The first kappa shape index (κ1) is 16.2. The van der Waals surface area contributed by atoms with Gasteiger partial charge in [-0.15, -0.1) is 0 Å². The number of nitrogens with two attached hydrogens (primary N) is 1. The van der Waals surface area contributed by atoms with Gasteiger partial charge in [0.1, 0.15) is 0 Å². The Kier molecular flexibility index (Phi) is 5.15. The Hall–Kier alpha value is -1.22. The molecule has 0 bridgehead atoms. The van der Waals surface area contributed by atoms with Crippen LogP contribution in [0.3, 0.4) is 0 Å². The van der Waals surface area contributed by atoms with Crippen LogP contribution < -0.4 is 11.1 Å². The van der Waals surface area contributed by atoms with E-state index in [2.05, 4.69) is 26.1 Å². The molecule has 0 saturated heterocycles. The van der Waals surface area contributed by atoms with E-state index >= 15 is 0 Å². The Balaban J connectivity index is 2.10. The molecule has 1 aromatic carbocycles. The Labute approximate surface area is 132 Å². The second-order valence-electron chi connectivity index (χ2n) is 6.64. The molecule has 3 unspecified atom stereocenters. The fourth-order valence-corrected chi connectivity index (χ4v) is 3.47. The molecule has 1 fully saturated rings. The Morgan fingerprint density at radius 3 is 2.71 bits per heavy atom. The topological polar surface area (TPSA) is 55.1 Å². The summed E-state index contributed by atoms with van der Waals surface area (Å²) >= 11 is 6.00. The van der Waals surface area contributed by atoms with Crippen LogP contribution in [0.5, 0.6) is 0 Å². The van der Waals surface area contributed by atoms with Crippen LogP contribution in [0.15, 0.2) is 18.2 Å². The molecule has 3 N–H and O–H groups in total. The first-order chi connectivity index (χ1) is 9.88. The number of carbonyl (C=O) groups excluding carboxylic acids is 1. The minimum atomic E-state index is -0.0540. The van der Waals surface area contributed by atoms with Gasteiger partial charge >= 0.3 is 0 Å². The van der Waals surface area contributed by atoms with Crippen LogP contribution in [0.2, 0.25) is 5.02 Å². The van der Waals surface area contributed by atoms with Crippen molar-refractivity contribution in [1.29, 1.82) is 0 Å². The minimum Gasteiger partial charge on any atom is -0.398 e. The smallest absolute Gasteiger partial charge is 0.251 e. The molecule has 0 aliphatic heterocycles. The fraction of sp³-hybridized carbons (Fsp3) is 0.588. The van der Waals surface area contributed by atoms with Gasteiger partial charge in [-0.1, -0.05) is 38.8 Å². The molecule has 4 heteroatoms. The van der Waals surface area contributed by atoms with Crippen molar-refractivity contribution in [3.63, 3.8) is 0 Å². The number of rotatable bonds is 3. The molecule has 0 aromatic heterocycles. The summed E-state index contributed by atoms with van der Waals surface area (Å²) in [7, 11) is 0. The number of anilines is 1. The van der Waals surface area contributed by atoms with Crippen LogP contribution in [0.1, 0.15) is 50.4 Å². The minimum absolute atomic E-state index is 0.0540. The van der Waals surface area contributed by atoms with Gasteiger partial charge in [0.15, 0.2) is 0 Å². The zero-order chi connectivity index (χ0) is 15.6. The molecule has 0 radical (unpaired) electrons. The summed E-state index contributed by atoms with van der Waals surface area (Å²) in [5.74, 6) is 1.74. The average molecular weight is 309 g/mol. The molecule has 1 saturated carbocycles. The zero-order valence-corrected chi connectivity index (χ0v) is 13.8. The van der Waals surface area contributed by atoms with Crippen molar-refractivity contribution in [2.24, 2.45) is 17.8 Å². The molecule has 1 amide bonds. The normalized spacial score (nSPS) is 25.9. The average Bonchev–Trinajstić information content (AvgIpc) is 2.41. The standard InChI is InChI=1S/C17H25ClN2O/c1-10(2)13-6-4-11(3)8-16(13)20-17(21)12-5-7-15(19)14(18)9-12/h5,7,9-11,13,16H,4,6,8,19H2,1-3H3,(H,20,21). The van der Waals surface area contributed by atoms with E-state index in [0.29, 0.717) is 34.0 Å². The van der Waals surface area contributed by atoms with Gasteiger partial charge in [0.25, 0.3) is 5.91 Å². The van der Waals surface area contributed by atoms with E-state index in [9.17, 15) is 4.79 Å². The lowest BCUT2D eigenvalue weighted by molar-refractivity contribution is 0.0868. The highest BCUT2D eigenvalue weighted by Crippen LogP contribution is 2.33. The van der Waals surface area contributed by atoms with E-state index in [1.807, 2.05) is 0 Å². The molecule has 3 nitrogen and oxygen atoms in total. The van der Waals surface area contributed by atoms with Crippen molar-refractivity contribution in [1.82, 2.24) is 5.32 Å². The van der Waals surface area contributed by atoms with E-state index in [0.717, 1.165) is 6.42 Å². The van der Waals surface area contributed by atoms with Gasteiger partial charge in [-0.05, 0) is 48.8 Å².